The Kier molecular flexibility index (Phi) is 6.25. The summed E-state index contributed by atoms with van der Waals surface area (Å²) in [5.74, 6) is 0.779. The number of hydrogen-bond donors (Lipinski definition) is 2. The topological polar surface area (TPSA) is 73.4 Å². The molecule has 2 amide bonds. The van der Waals surface area contributed by atoms with Crippen LogP contribution < -0.4 is 15.5 Å². The minimum Gasteiger partial charge on any atom is -0.338 e. The zero-order valence-electron chi connectivity index (χ0n) is 14.8. The van der Waals surface area contributed by atoms with Crippen molar-refractivity contribution in [3.63, 3.8) is 0 Å². The number of piperazine rings is 1. The van der Waals surface area contributed by atoms with Gasteiger partial charge in [-0.15, -0.1) is 0 Å². The summed E-state index contributed by atoms with van der Waals surface area (Å²) in [5, 5.41) is 6.32. The van der Waals surface area contributed by atoms with Crippen LogP contribution in [0.1, 0.15) is 5.56 Å². The highest BCUT2D eigenvalue weighted by atomic mass is 35.5. The molecule has 1 aromatic heterocycles. The molecule has 3 rings (SSSR count). The van der Waals surface area contributed by atoms with Gasteiger partial charge >= 0.3 is 6.03 Å². The number of nitrogens with one attached hydrogen (secondary N) is 2. The Morgan fingerprint density at radius 2 is 1.92 bits per heavy atom. The molecule has 0 bridgehead atoms. The van der Waals surface area contributed by atoms with Crippen molar-refractivity contribution in [2.45, 2.75) is 6.92 Å². The third-order valence-corrected chi connectivity index (χ3v) is 4.76. The maximum Gasteiger partial charge on any atom is 0.319 e. The molecular weight excluding hydrogens is 352 g/mol. The van der Waals surface area contributed by atoms with Gasteiger partial charge in [-0.1, -0.05) is 17.7 Å². The standard InChI is InChI=1S/C18H23ClN6O/c1-14-3-4-15(13-16(14)19)23-18(26)22-7-8-24-9-11-25(12-10-24)17-20-5-2-6-21-17/h2-6,13H,7-12H2,1H3,(H2,22,23,26). The summed E-state index contributed by atoms with van der Waals surface area (Å²) in [6, 6.07) is 7.07. The van der Waals surface area contributed by atoms with Crippen molar-refractivity contribution in [2.75, 3.05) is 49.5 Å². The van der Waals surface area contributed by atoms with Crippen LogP contribution in [0.2, 0.25) is 5.02 Å². The quantitative estimate of drug-likeness (QED) is 0.840. The zero-order chi connectivity index (χ0) is 18.4. The summed E-state index contributed by atoms with van der Waals surface area (Å²) in [5.41, 5.74) is 1.67. The molecule has 2 heterocycles. The van der Waals surface area contributed by atoms with Gasteiger partial charge in [0.05, 0.1) is 0 Å². The van der Waals surface area contributed by atoms with Gasteiger partial charge in [-0.25, -0.2) is 14.8 Å². The Bertz CT molecular complexity index is 734. The van der Waals surface area contributed by atoms with Crippen LogP contribution in [-0.2, 0) is 0 Å². The Morgan fingerprint density at radius 1 is 1.19 bits per heavy atom. The van der Waals surface area contributed by atoms with Crippen LogP contribution in [-0.4, -0.2) is 60.2 Å². The Labute approximate surface area is 158 Å². The van der Waals surface area contributed by atoms with Crippen molar-refractivity contribution in [3.05, 3.63) is 47.2 Å². The van der Waals surface area contributed by atoms with Gasteiger partial charge in [0.1, 0.15) is 0 Å². The van der Waals surface area contributed by atoms with Gasteiger partial charge in [0, 0.05) is 62.4 Å². The van der Waals surface area contributed by atoms with Crippen LogP contribution in [0, 0.1) is 6.92 Å². The molecular formula is C18H23ClN6O. The number of nitrogens with zero attached hydrogens (tertiary/aromatic N) is 4. The van der Waals surface area contributed by atoms with E-state index in [4.69, 9.17) is 11.6 Å². The smallest absolute Gasteiger partial charge is 0.319 e. The van der Waals surface area contributed by atoms with Gasteiger partial charge in [-0.3, -0.25) is 4.90 Å². The fourth-order valence-corrected chi connectivity index (χ4v) is 2.98. The lowest BCUT2D eigenvalue weighted by Crippen LogP contribution is -2.49. The number of hydrogen-bond acceptors (Lipinski definition) is 5. The van der Waals surface area contributed by atoms with E-state index in [0.717, 1.165) is 44.2 Å². The summed E-state index contributed by atoms with van der Waals surface area (Å²) in [4.78, 5) is 25.1. The first-order chi connectivity index (χ1) is 12.6. The largest absolute Gasteiger partial charge is 0.338 e. The highest BCUT2D eigenvalue weighted by Crippen LogP contribution is 2.19. The molecule has 0 atom stereocenters. The summed E-state index contributed by atoms with van der Waals surface area (Å²) >= 11 is 6.07. The van der Waals surface area contributed by atoms with Crippen LogP contribution in [0.25, 0.3) is 0 Å². The van der Waals surface area contributed by atoms with E-state index >= 15 is 0 Å². The van der Waals surface area contributed by atoms with Crippen molar-refractivity contribution in [1.82, 2.24) is 20.2 Å². The Balaban J connectivity index is 1.36. The van der Waals surface area contributed by atoms with E-state index < -0.39 is 0 Å². The number of aryl methyl sites for hydroxylation is 1. The minimum atomic E-state index is -0.221. The van der Waals surface area contributed by atoms with Crippen molar-refractivity contribution in [1.29, 1.82) is 0 Å². The van der Waals surface area contributed by atoms with E-state index in [1.807, 2.05) is 25.1 Å². The SMILES string of the molecule is Cc1ccc(NC(=O)NCCN2CCN(c3ncccn3)CC2)cc1Cl. The van der Waals surface area contributed by atoms with Crippen molar-refractivity contribution < 1.29 is 4.79 Å². The van der Waals surface area contributed by atoms with Crippen molar-refractivity contribution in [2.24, 2.45) is 0 Å². The lowest BCUT2D eigenvalue weighted by atomic mass is 10.2. The number of urea groups is 1. The number of benzene rings is 1. The zero-order valence-corrected chi connectivity index (χ0v) is 15.5. The summed E-state index contributed by atoms with van der Waals surface area (Å²) in [7, 11) is 0. The number of carbonyl (C=O) groups excluding carboxylic acids is 1. The Hall–Kier alpha value is -2.38. The van der Waals surface area contributed by atoms with Crippen LogP contribution in [0.15, 0.2) is 36.7 Å². The summed E-state index contributed by atoms with van der Waals surface area (Å²) in [6.07, 6.45) is 3.52. The van der Waals surface area contributed by atoms with Crippen LogP contribution >= 0.6 is 11.6 Å². The molecule has 0 saturated carbocycles. The van der Waals surface area contributed by atoms with Gasteiger partial charge in [-0.2, -0.15) is 0 Å². The predicted octanol–water partition coefficient (Wildman–Crippen LogP) is 2.38. The first-order valence-electron chi connectivity index (χ1n) is 8.67. The summed E-state index contributed by atoms with van der Waals surface area (Å²) < 4.78 is 0. The van der Waals surface area contributed by atoms with Gasteiger partial charge in [0.2, 0.25) is 5.95 Å². The molecule has 0 aliphatic carbocycles. The molecule has 1 aromatic carbocycles. The Morgan fingerprint density at radius 3 is 2.62 bits per heavy atom. The third-order valence-electron chi connectivity index (χ3n) is 4.35. The molecule has 26 heavy (non-hydrogen) atoms. The van der Waals surface area contributed by atoms with Crippen molar-refractivity contribution in [3.8, 4) is 0 Å². The van der Waals surface area contributed by atoms with Gasteiger partial charge in [-0.05, 0) is 30.7 Å². The summed E-state index contributed by atoms with van der Waals surface area (Å²) in [6.45, 7) is 6.95. The molecule has 1 fully saturated rings. The molecule has 1 saturated heterocycles. The monoisotopic (exact) mass is 374 g/mol. The second kappa shape index (κ2) is 8.82. The second-order valence-electron chi connectivity index (χ2n) is 6.22. The van der Waals surface area contributed by atoms with Gasteiger partial charge in [0.25, 0.3) is 0 Å². The van der Waals surface area contributed by atoms with E-state index in [1.54, 1.807) is 18.5 Å². The molecule has 138 valence electrons. The highest BCUT2D eigenvalue weighted by Gasteiger charge is 2.18. The average Bonchev–Trinajstić information content (AvgIpc) is 2.66. The van der Waals surface area contributed by atoms with Gasteiger partial charge in [0.15, 0.2) is 0 Å². The molecule has 7 nitrogen and oxygen atoms in total. The fourth-order valence-electron chi connectivity index (χ4n) is 2.80. The molecule has 0 unspecified atom stereocenters. The lowest BCUT2D eigenvalue weighted by Gasteiger charge is -2.34. The number of amides is 2. The molecule has 0 spiro atoms. The first-order valence-corrected chi connectivity index (χ1v) is 9.05. The predicted molar refractivity (Wildman–Crippen MR) is 104 cm³/mol. The highest BCUT2D eigenvalue weighted by molar-refractivity contribution is 6.31. The first kappa shape index (κ1) is 18.4. The molecule has 0 radical (unpaired) electrons. The fraction of sp³-hybridized carbons (Fsp3) is 0.389. The third kappa shape index (κ3) is 5.06. The van der Waals surface area contributed by atoms with Gasteiger partial charge < -0.3 is 15.5 Å². The molecule has 2 N–H and O–H groups in total. The second-order valence-corrected chi connectivity index (χ2v) is 6.63. The van der Waals surface area contributed by atoms with E-state index in [1.165, 1.54) is 0 Å². The van der Waals surface area contributed by atoms with Crippen LogP contribution in [0.4, 0.5) is 16.4 Å². The molecule has 1 aliphatic heterocycles. The minimum absolute atomic E-state index is 0.221. The van der Waals surface area contributed by atoms with E-state index in [-0.39, 0.29) is 6.03 Å². The van der Waals surface area contributed by atoms with E-state index in [0.29, 0.717) is 17.3 Å². The van der Waals surface area contributed by atoms with Crippen LogP contribution in [0.5, 0.6) is 0 Å². The lowest BCUT2D eigenvalue weighted by molar-refractivity contribution is 0.240. The number of aromatic nitrogens is 2. The molecule has 2 aromatic rings. The maximum absolute atomic E-state index is 12.0. The van der Waals surface area contributed by atoms with E-state index in [9.17, 15) is 4.79 Å². The maximum atomic E-state index is 12.0. The molecule has 1 aliphatic rings. The van der Waals surface area contributed by atoms with E-state index in [2.05, 4.69) is 30.4 Å². The number of rotatable bonds is 5. The number of carbonyl (C=O) groups is 1. The van der Waals surface area contributed by atoms with Crippen LogP contribution in [0.3, 0.4) is 0 Å². The number of halogens is 1. The average molecular weight is 375 g/mol. The number of anilines is 2. The molecule has 8 heteroatoms. The normalized spacial score (nSPS) is 14.9. The van der Waals surface area contributed by atoms with Crippen molar-refractivity contribution >= 4 is 29.3 Å².